The average Bonchev–Trinajstić information content (AvgIpc) is 2.38. The van der Waals surface area contributed by atoms with Gasteiger partial charge >= 0.3 is 0 Å². The van der Waals surface area contributed by atoms with Gasteiger partial charge in [0.15, 0.2) is 0 Å². The molecule has 0 atom stereocenters. The number of amides is 2. The molecule has 0 fully saturated rings. The Labute approximate surface area is 105 Å². The molecule has 0 aliphatic heterocycles. The lowest BCUT2D eigenvalue weighted by Gasteiger charge is -2.10. The van der Waals surface area contributed by atoms with Crippen molar-refractivity contribution in [3.63, 3.8) is 0 Å². The summed E-state index contributed by atoms with van der Waals surface area (Å²) in [6, 6.07) is 6.39. The van der Waals surface area contributed by atoms with Crippen LogP contribution in [-0.2, 0) is 4.79 Å². The number of carbonyl (C=O) groups is 2. The van der Waals surface area contributed by atoms with Crippen LogP contribution in [0.3, 0.4) is 0 Å². The molecule has 6 heteroatoms. The number of benzene rings is 1. The number of nitrogens with one attached hydrogen (secondary N) is 2. The van der Waals surface area contributed by atoms with Crippen LogP contribution in [0.4, 0.5) is 5.69 Å². The van der Waals surface area contributed by atoms with E-state index in [1.165, 1.54) is 20.2 Å². The van der Waals surface area contributed by atoms with Crippen molar-refractivity contribution in [1.29, 1.82) is 5.26 Å². The zero-order chi connectivity index (χ0) is 13.5. The highest BCUT2D eigenvalue weighted by Crippen LogP contribution is 2.25. The highest BCUT2D eigenvalue weighted by Gasteiger charge is 2.11. The van der Waals surface area contributed by atoms with Crippen molar-refractivity contribution < 1.29 is 14.3 Å². The number of nitrogens with zero attached hydrogens (tertiary/aromatic N) is 1. The van der Waals surface area contributed by atoms with Gasteiger partial charge in [0.1, 0.15) is 12.2 Å². The Morgan fingerprint density at radius 1 is 1.44 bits per heavy atom. The van der Waals surface area contributed by atoms with Gasteiger partial charge in [0.05, 0.1) is 18.9 Å². The third-order valence-corrected chi connectivity index (χ3v) is 2.20. The maximum Gasteiger partial charge on any atom is 0.251 e. The first kappa shape index (κ1) is 13.5. The van der Waals surface area contributed by atoms with Crippen LogP contribution in [0.2, 0.25) is 0 Å². The molecule has 2 N–H and O–H groups in total. The largest absolute Gasteiger partial charge is 0.495 e. The lowest BCUT2D eigenvalue weighted by molar-refractivity contribution is -0.115. The van der Waals surface area contributed by atoms with Crippen LogP contribution >= 0.6 is 0 Å². The number of ether oxygens (including phenoxy) is 1. The Morgan fingerprint density at radius 3 is 2.72 bits per heavy atom. The lowest BCUT2D eigenvalue weighted by atomic mass is 10.1. The SMILES string of the molecule is CNC(=O)c1ccc(OC)c(NC(=O)CC#N)c1. The lowest BCUT2D eigenvalue weighted by Crippen LogP contribution is -2.18. The van der Waals surface area contributed by atoms with E-state index in [9.17, 15) is 9.59 Å². The summed E-state index contributed by atoms with van der Waals surface area (Å²) in [7, 11) is 2.97. The maximum atomic E-state index is 11.5. The highest BCUT2D eigenvalue weighted by atomic mass is 16.5. The van der Waals surface area contributed by atoms with E-state index in [0.29, 0.717) is 17.0 Å². The van der Waals surface area contributed by atoms with Crippen molar-refractivity contribution in [1.82, 2.24) is 5.32 Å². The summed E-state index contributed by atoms with van der Waals surface area (Å²) in [5.74, 6) is -0.299. The molecule has 0 bridgehead atoms. The molecule has 0 saturated heterocycles. The quantitative estimate of drug-likeness (QED) is 0.827. The average molecular weight is 247 g/mol. The second kappa shape index (κ2) is 6.25. The monoisotopic (exact) mass is 247 g/mol. The molecule has 94 valence electrons. The minimum atomic E-state index is -0.454. The maximum absolute atomic E-state index is 11.5. The number of hydrogen-bond donors (Lipinski definition) is 2. The van der Waals surface area contributed by atoms with Crippen LogP contribution in [0.25, 0.3) is 0 Å². The van der Waals surface area contributed by atoms with E-state index < -0.39 is 5.91 Å². The van der Waals surface area contributed by atoms with E-state index in [2.05, 4.69) is 10.6 Å². The topological polar surface area (TPSA) is 91.2 Å². The van der Waals surface area contributed by atoms with Crippen molar-refractivity contribution in [3.8, 4) is 11.8 Å². The Hall–Kier alpha value is -2.55. The molecule has 0 unspecified atom stereocenters. The second-order valence-corrected chi connectivity index (χ2v) is 3.38. The fourth-order valence-electron chi connectivity index (χ4n) is 1.36. The van der Waals surface area contributed by atoms with Gasteiger partial charge in [0.25, 0.3) is 5.91 Å². The van der Waals surface area contributed by atoms with E-state index in [4.69, 9.17) is 10.00 Å². The van der Waals surface area contributed by atoms with Crippen LogP contribution in [0.1, 0.15) is 16.8 Å². The summed E-state index contributed by atoms with van der Waals surface area (Å²) < 4.78 is 5.06. The predicted molar refractivity (Wildman–Crippen MR) is 65.2 cm³/mol. The van der Waals surface area contributed by atoms with Gasteiger partial charge in [-0.3, -0.25) is 9.59 Å². The Balaban J connectivity index is 3.03. The number of hydrogen-bond acceptors (Lipinski definition) is 4. The summed E-state index contributed by atoms with van der Waals surface area (Å²) in [5, 5.41) is 13.4. The molecule has 0 aromatic heterocycles. The van der Waals surface area contributed by atoms with Gasteiger partial charge in [-0.1, -0.05) is 0 Å². The standard InChI is InChI=1S/C12H13N3O3/c1-14-12(17)8-3-4-10(18-2)9(7-8)15-11(16)5-6-13/h3-4,7H,5H2,1-2H3,(H,14,17)(H,15,16). The number of rotatable bonds is 4. The molecule has 0 heterocycles. The molecular weight excluding hydrogens is 234 g/mol. The fraction of sp³-hybridized carbons (Fsp3) is 0.250. The van der Waals surface area contributed by atoms with Crippen LogP contribution in [0.15, 0.2) is 18.2 Å². The number of methoxy groups -OCH3 is 1. The molecule has 1 rings (SSSR count). The van der Waals surface area contributed by atoms with E-state index in [1.54, 1.807) is 18.2 Å². The van der Waals surface area contributed by atoms with Crippen molar-refractivity contribution >= 4 is 17.5 Å². The number of carbonyl (C=O) groups excluding carboxylic acids is 2. The molecule has 0 spiro atoms. The number of anilines is 1. The van der Waals surface area contributed by atoms with Gasteiger partial charge in [0, 0.05) is 12.6 Å². The molecule has 1 aromatic rings. The predicted octanol–water partition coefficient (Wildman–Crippen LogP) is 0.907. The zero-order valence-electron chi connectivity index (χ0n) is 10.1. The first-order valence-corrected chi connectivity index (χ1v) is 5.19. The first-order chi connectivity index (χ1) is 8.62. The van der Waals surface area contributed by atoms with Crippen molar-refractivity contribution in [2.24, 2.45) is 0 Å². The summed E-state index contributed by atoms with van der Waals surface area (Å²) >= 11 is 0. The summed E-state index contributed by atoms with van der Waals surface area (Å²) in [6.45, 7) is 0. The molecule has 0 saturated carbocycles. The molecule has 18 heavy (non-hydrogen) atoms. The zero-order valence-corrected chi connectivity index (χ0v) is 10.1. The normalized spacial score (nSPS) is 9.17. The summed E-state index contributed by atoms with van der Waals surface area (Å²) in [6.07, 6.45) is -0.257. The smallest absolute Gasteiger partial charge is 0.251 e. The highest BCUT2D eigenvalue weighted by molar-refractivity contribution is 5.98. The van der Waals surface area contributed by atoms with Crippen molar-refractivity contribution in [3.05, 3.63) is 23.8 Å². The van der Waals surface area contributed by atoms with Gasteiger partial charge in [-0.15, -0.1) is 0 Å². The number of nitriles is 1. The van der Waals surface area contributed by atoms with E-state index in [1.807, 2.05) is 0 Å². The molecule has 6 nitrogen and oxygen atoms in total. The van der Waals surface area contributed by atoms with Crippen molar-refractivity contribution in [2.75, 3.05) is 19.5 Å². The van der Waals surface area contributed by atoms with Crippen LogP contribution in [0, 0.1) is 11.3 Å². The third kappa shape index (κ3) is 3.22. The minimum Gasteiger partial charge on any atom is -0.495 e. The van der Waals surface area contributed by atoms with Gasteiger partial charge in [-0.05, 0) is 18.2 Å². The molecular formula is C12H13N3O3. The summed E-state index contributed by atoms with van der Waals surface area (Å²) in [4.78, 5) is 22.8. The third-order valence-electron chi connectivity index (χ3n) is 2.20. The van der Waals surface area contributed by atoms with E-state index >= 15 is 0 Å². The Morgan fingerprint density at radius 2 is 2.17 bits per heavy atom. The molecule has 1 aromatic carbocycles. The Bertz CT molecular complexity index is 506. The van der Waals surface area contributed by atoms with Crippen molar-refractivity contribution in [2.45, 2.75) is 6.42 Å². The Kier molecular flexibility index (Phi) is 4.69. The van der Waals surface area contributed by atoms with Crippen LogP contribution < -0.4 is 15.4 Å². The molecule has 0 aliphatic rings. The second-order valence-electron chi connectivity index (χ2n) is 3.38. The summed E-state index contributed by atoms with van der Waals surface area (Å²) in [5.41, 5.74) is 0.754. The van der Waals surface area contributed by atoms with Gasteiger partial charge in [-0.2, -0.15) is 5.26 Å². The molecule has 0 aliphatic carbocycles. The fourth-order valence-corrected chi connectivity index (χ4v) is 1.36. The van der Waals surface area contributed by atoms with Crippen LogP contribution in [0.5, 0.6) is 5.75 Å². The minimum absolute atomic E-state index is 0.257. The van der Waals surface area contributed by atoms with Gasteiger partial charge in [-0.25, -0.2) is 0 Å². The van der Waals surface area contributed by atoms with E-state index in [-0.39, 0.29) is 12.3 Å². The molecule has 0 radical (unpaired) electrons. The molecule has 2 amide bonds. The van der Waals surface area contributed by atoms with Crippen LogP contribution in [-0.4, -0.2) is 26.0 Å². The van der Waals surface area contributed by atoms with Gasteiger partial charge < -0.3 is 15.4 Å². The van der Waals surface area contributed by atoms with Gasteiger partial charge in [0.2, 0.25) is 5.91 Å². The van der Waals surface area contributed by atoms with E-state index in [0.717, 1.165) is 0 Å². The first-order valence-electron chi connectivity index (χ1n) is 5.19.